The molecule has 1 aromatic carbocycles. The van der Waals surface area contributed by atoms with Crippen LogP contribution in [0.25, 0.3) is 11.0 Å². The van der Waals surface area contributed by atoms with Gasteiger partial charge < -0.3 is 63.8 Å². The maximum absolute atomic E-state index is 11.8. The van der Waals surface area contributed by atoms with Gasteiger partial charge >= 0.3 is 5.63 Å². The summed E-state index contributed by atoms with van der Waals surface area (Å²) in [6, 6.07) is 6.50. The molecule has 0 spiro atoms. The van der Waals surface area contributed by atoms with Crippen LogP contribution in [0.1, 0.15) is 19.4 Å². The van der Waals surface area contributed by atoms with Crippen LogP contribution in [0.3, 0.4) is 0 Å². The van der Waals surface area contributed by atoms with E-state index >= 15 is 0 Å². The Labute approximate surface area is 227 Å². The Morgan fingerprint density at radius 1 is 0.850 bits per heavy atom. The molecule has 0 aliphatic carbocycles. The Balaban J connectivity index is 1.26. The Hall–Kier alpha value is -2.21. The van der Waals surface area contributed by atoms with Crippen LogP contribution in [-0.2, 0) is 25.4 Å². The van der Waals surface area contributed by atoms with Crippen LogP contribution in [0.15, 0.2) is 33.5 Å². The Kier molecular flexibility index (Phi) is 8.22. The largest absolute Gasteiger partial charge is 0.487 e. The fraction of sp³-hybridized carbons (Fsp3) is 0.654. The van der Waals surface area contributed by atoms with Gasteiger partial charge in [0.15, 0.2) is 12.6 Å². The lowest BCUT2D eigenvalue weighted by Gasteiger charge is -2.45. The third-order valence-corrected chi connectivity index (χ3v) is 7.65. The van der Waals surface area contributed by atoms with Crippen molar-refractivity contribution in [2.45, 2.75) is 93.4 Å². The summed E-state index contributed by atoms with van der Waals surface area (Å²) in [4.78, 5) is 11.8. The zero-order valence-electron chi connectivity index (χ0n) is 21.8. The first kappa shape index (κ1) is 29.3. The monoisotopic (exact) mass is 570 g/mol. The van der Waals surface area contributed by atoms with Crippen molar-refractivity contribution in [3.05, 3.63) is 40.2 Å². The predicted octanol–water partition coefficient (Wildman–Crippen LogP) is -2.48. The molecule has 11 atom stereocenters. The number of fused-ring (bicyclic) bond motifs is 3. The molecule has 0 radical (unpaired) electrons. The summed E-state index contributed by atoms with van der Waals surface area (Å²) in [7, 11) is 0. The Bertz CT molecular complexity index is 1250. The molecule has 0 unspecified atom stereocenters. The van der Waals surface area contributed by atoms with E-state index in [9.17, 15) is 40.5 Å². The number of benzene rings is 1. The molecule has 14 heteroatoms. The minimum atomic E-state index is -1.70. The fourth-order valence-corrected chi connectivity index (χ4v) is 5.17. The number of aliphatic hydroxyl groups is 7. The summed E-state index contributed by atoms with van der Waals surface area (Å²) in [6.07, 6.45) is -15.6. The molecule has 7 N–H and O–H groups in total. The molecule has 2 saturated heterocycles. The van der Waals surface area contributed by atoms with Crippen LogP contribution in [0.4, 0.5) is 0 Å². The molecule has 2 aromatic rings. The molecule has 3 aliphatic rings. The van der Waals surface area contributed by atoms with Gasteiger partial charge in [0.2, 0.25) is 0 Å². The average molecular weight is 571 g/mol. The van der Waals surface area contributed by atoms with Crippen molar-refractivity contribution >= 4 is 11.0 Å². The molecular weight excluding hydrogens is 536 g/mol. The number of aliphatic hydroxyl groups excluding tert-OH is 7. The van der Waals surface area contributed by atoms with E-state index in [1.54, 1.807) is 32.0 Å². The van der Waals surface area contributed by atoms with Crippen LogP contribution in [0.2, 0.25) is 0 Å². The standard InChI is InChI=1S/C26H34O14/c1-26(2,15-7-11-12(36-15)5-3-10-4-6-16(28)39-23(10)11)40-25-22(34)20(32)18(30)14(38-25)9-35-24-21(33)19(31)17(29)13(8-27)37-24/h3-6,13-15,17-22,24-25,27,29-34H,7-9H2,1-2H3/t13-,14-,15+,17-,18-,19+,20+,21-,22-,24-,25+/m1/s1. The van der Waals surface area contributed by atoms with Gasteiger partial charge in [-0.2, -0.15) is 0 Å². The normalized spacial score (nSPS) is 38.3. The van der Waals surface area contributed by atoms with Gasteiger partial charge in [-0.3, -0.25) is 0 Å². The van der Waals surface area contributed by atoms with Gasteiger partial charge in [-0.15, -0.1) is 0 Å². The molecule has 5 rings (SSSR count). The number of hydrogen-bond acceptors (Lipinski definition) is 14. The van der Waals surface area contributed by atoms with Crippen LogP contribution in [-0.4, -0.2) is 122 Å². The van der Waals surface area contributed by atoms with Gasteiger partial charge in [-0.1, -0.05) is 0 Å². The highest BCUT2D eigenvalue weighted by Crippen LogP contribution is 2.40. The predicted molar refractivity (Wildman–Crippen MR) is 132 cm³/mol. The van der Waals surface area contributed by atoms with Crippen LogP contribution >= 0.6 is 0 Å². The number of hydrogen-bond donors (Lipinski definition) is 7. The molecule has 4 heterocycles. The van der Waals surface area contributed by atoms with Gasteiger partial charge in [-0.05, 0) is 32.0 Å². The maximum Gasteiger partial charge on any atom is 0.336 e. The molecule has 2 fully saturated rings. The topological polar surface area (TPSA) is 218 Å². The number of rotatable bonds is 7. The molecule has 3 aliphatic heterocycles. The molecule has 14 nitrogen and oxygen atoms in total. The summed E-state index contributed by atoms with van der Waals surface area (Å²) in [5.74, 6) is 0.509. The summed E-state index contributed by atoms with van der Waals surface area (Å²) in [6.45, 7) is 2.24. The minimum absolute atomic E-state index is 0.310. The van der Waals surface area contributed by atoms with E-state index in [2.05, 4.69) is 0 Å². The van der Waals surface area contributed by atoms with Gasteiger partial charge in [0, 0.05) is 23.4 Å². The lowest BCUT2D eigenvalue weighted by atomic mass is 9.95. The van der Waals surface area contributed by atoms with E-state index in [0.717, 1.165) is 5.39 Å². The Morgan fingerprint density at radius 2 is 1.48 bits per heavy atom. The Morgan fingerprint density at radius 3 is 2.17 bits per heavy atom. The highest BCUT2D eigenvalue weighted by atomic mass is 16.7. The van der Waals surface area contributed by atoms with Crippen molar-refractivity contribution in [2.24, 2.45) is 0 Å². The van der Waals surface area contributed by atoms with E-state index in [1.807, 2.05) is 0 Å². The zero-order valence-corrected chi connectivity index (χ0v) is 21.8. The number of ether oxygens (including phenoxy) is 5. The van der Waals surface area contributed by atoms with Crippen molar-refractivity contribution < 1.29 is 63.8 Å². The highest BCUT2D eigenvalue weighted by molar-refractivity contribution is 5.82. The maximum atomic E-state index is 11.8. The van der Waals surface area contributed by atoms with E-state index in [4.69, 9.17) is 28.1 Å². The van der Waals surface area contributed by atoms with Crippen LogP contribution in [0, 0.1) is 0 Å². The van der Waals surface area contributed by atoms with Gasteiger partial charge in [-0.25, -0.2) is 4.79 Å². The first-order valence-electron chi connectivity index (χ1n) is 12.9. The first-order valence-corrected chi connectivity index (χ1v) is 12.9. The van der Waals surface area contributed by atoms with Crippen molar-refractivity contribution in [1.29, 1.82) is 0 Å². The average Bonchev–Trinajstić information content (AvgIpc) is 3.38. The van der Waals surface area contributed by atoms with Crippen molar-refractivity contribution in [3.8, 4) is 5.75 Å². The van der Waals surface area contributed by atoms with Gasteiger partial charge in [0.1, 0.15) is 71.9 Å². The lowest BCUT2D eigenvalue weighted by Crippen LogP contribution is -2.63. The summed E-state index contributed by atoms with van der Waals surface area (Å²) < 4.78 is 34.0. The minimum Gasteiger partial charge on any atom is -0.487 e. The molecule has 0 bridgehead atoms. The summed E-state index contributed by atoms with van der Waals surface area (Å²) >= 11 is 0. The van der Waals surface area contributed by atoms with E-state index in [1.165, 1.54) is 6.07 Å². The third-order valence-electron chi connectivity index (χ3n) is 7.65. The summed E-state index contributed by atoms with van der Waals surface area (Å²) in [5.41, 5.74) is -0.538. The smallest absolute Gasteiger partial charge is 0.336 e. The van der Waals surface area contributed by atoms with Crippen molar-refractivity contribution in [1.82, 2.24) is 0 Å². The molecule has 222 valence electrons. The molecule has 1 aromatic heterocycles. The highest BCUT2D eigenvalue weighted by Gasteiger charge is 2.50. The lowest BCUT2D eigenvalue weighted by molar-refractivity contribution is -0.345. The second-order valence-corrected chi connectivity index (χ2v) is 10.8. The van der Waals surface area contributed by atoms with Gasteiger partial charge in [0.05, 0.1) is 13.2 Å². The summed E-state index contributed by atoms with van der Waals surface area (Å²) in [5, 5.41) is 71.8. The molecule has 0 amide bonds. The zero-order chi connectivity index (χ0) is 28.9. The van der Waals surface area contributed by atoms with E-state index in [0.29, 0.717) is 23.3 Å². The van der Waals surface area contributed by atoms with E-state index < -0.39 is 92.0 Å². The molecule has 0 saturated carbocycles. The van der Waals surface area contributed by atoms with Crippen molar-refractivity contribution in [3.63, 3.8) is 0 Å². The first-order chi connectivity index (χ1) is 18.9. The molecule has 40 heavy (non-hydrogen) atoms. The second kappa shape index (κ2) is 11.2. The second-order valence-electron chi connectivity index (χ2n) is 10.8. The van der Waals surface area contributed by atoms with E-state index in [-0.39, 0.29) is 0 Å². The van der Waals surface area contributed by atoms with Crippen LogP contribution < -0.4 is 10.4 Å². The SMILES string of the molecule is CC(C)(O[C@@H]1O[C@H](CO[C@@H]2O[C@H](CO)[C@@H](O)[C@H](O)[C@H]2O)[C@@H](O)[C@H](O)[C@H]1O)[C@@H]1Cc2c(ccc3ccc(=O)oc23)O1. The fourth-order valence-electron chi connectivity index (χ4n) is 5.17. The third kappa shape index (κ3) is 5.37. The van der Waals surface area contributed by atoms with Crippen molar-refractivity contribution in [2.75, 3.05) is 13.2 Å². The van der Waals surface area contributed by atoms with Crippen LogP contribution in [0.5, 0.6) is 5.75 Å². The molecular formula is C26H34O14. The quantitative estimate of drug-likeness (QED) is 0.172. The van der Waals surface area contributed by atoms with Gasteiger partial charge in [0.25, 0.3) is 0 Å².